The lowest BCUT2D eigenvalue weighted by Gasteiger charge is -2.24. The molecule has 0 unspecified atom stereocenters. The number of ether oxygens (including phenoxy) is 2. The predicted octanol–water partition coefficient (Wildman–Crippen LogP) is 2.25. The Morgan fingerprint density at radius 1 is 1.22 bits per heavy atom. The van der Waals surface area contributed by atoms with E-state index in [-0.39, 0.29) is 5.91 Å². The summed E-state index contributed by atoms with van der Waals surface area (Å²) in [6.45, 7) is 1.79. The Morgan fingerprint density at radius 2 is 2.00 bits per heavy atom. The zero-order chi connectivity index (χ0) is 15.9. The highest BCUT2D eigenvalue weighted by Crippen LogP contribution is 2.41. The Hall–Kier alpha value is -2.05. The molecule has 6 heteroatoms. The summed E-state index contributed by atoms with van der Waals surface area (Å²) in [7, 11) is 0. The van der Waals surface area contributed by atoms with Crippen LogP contribution < -0.4 is 9.47 Å². The van der Waals surface area contributed by atoms with Crippen LogP contribution in [0.4, 0.5) is 0 Å². The molecule has 2 aliphatic heterocycles. The number of rotatable bonds is 2. The van der Waals surface area contributed by atoms with Gasteiger partial charge in [0.05, 0.1) is 6.54 Å². The third-order valence-corrected chi connectivity index (χ3v) is 5.27. The Balaban J connectivity index is 1.56. The first-order valence-electron chi connectivity index (χ1n) is 7.62. The number of hydrogen-bond donors (Lipinski definition) is 1. The molecule has 1 aromatic heterocycles. The monoisotopic (exact) mass is 331 g/mol. The molecule has 1 amide bonds. The van der Waals surface area contributed by atoms with Crippen LogP contribution in [0.3, 0.4) is 0 Å². The maximum atomic E-state index is 12.8. The van der Waals surface area contributed by atoms with Gasteiger partial charge in [0.25, 0.3) is 5.91 Å². The quantitative estimate of drug-likeness (QED) is 0.917. The van der Waals surface area contributed by atoms with Crippen LogP contribution in [0.1, 0.15) is 21.7 Å². The summed E-state index contributed by atoms with van der Waals surface area (Å²) < 4.78 is 11.1. The molecule has 120 valence electrons. The number of fused-ring (bicyclic) bond motifs is 1. The molecule has 5 nitrogen and oxygen atoms in total. The lowest BCUT2D eigenvalue weighted by Crippen LogP contribution is -2.34. The van der Waals surface area contributed by atoms with E-state index in [4.69, 9.17) is 9.47 Å². The van der Waals surface area contributed by atoms with Gasteiger partial charge in [-0.3, -0.25) is 4.79 Å². The molecule has 1 N–H and O–H groups in total. The van der Waals surface area contributed by atoms with E-state index in [1.165, 1.54) is 11.3 Å². The van der Waals surface area contributed by atoms with Crippen molar-refractivity contribution in [2.75, 3.05) is 26.3 Å². The average Bonchev–Trinajstić information content (AvgIpc) is 3.20. The van der Waals surface area contributed by atoms with Crippen molar-refractivity contribution in [3.05, 3.63) is 46.2 Å². The van der Waals surface area contributed by atoms with Crippen molar-refractivity contribution >= 4 is 17.2 Å². The third-order valence-electron chi connectivity index (χ3n) is 4.34. The maximum absolute atomic E-state index is 12.8. The molecule has 2 aliphatic rings. The molecule has 1 atom stereocenters. The lowest BCUT2D eigenvalue weighted by molar-refractivity contribution is 0.0417. The SMILES string of the molecule is O=C(c1scc2c1OCCO2)N1CC[C@@](O)(c2ccccc2)C1. The number of likely N-dealkylation sites (tertiary alicyclic amines) is 1. The van der Waals surface area contributed by atoms with E-state index in [0.717, 1.165) is 5.56 Å². The highest BCUT2D eigenvalue weighted by Gasteiger charge is 2.41. The lowest BCUT2D eigenvalue weighted by atomic mass is 9.93. The fourth-order valence-electron chi connectivity index (χ4n) is 3.11. The van der Waals surface area contributed by atoms with Crippen LogP contribution >= 0.6 is 11.3 Å². The van der Waals surface area contributed by atoms with Crippen LogP contribution in [0.2, 0.25) is 0 Å². The Morgan fingerprint density at radius 3 is 2.83 bits per heavy atom. The average molecular weight is 331 g/mol. The molecule has 4 rings (SSSR count). The topological polar surface area (TPSA) is 59.0 Å². The molecule has 0 bridgehead atoms. The predicted molar refractivity (Wildman–Crippen MR) is 86.2 cm³/mol. The molecule has 0 radical (unpaired) electrons. The first-order chi connectivity index (χ1) is 11.2. The number of aliphatic hydroxyl groups is 1. The Kier molecular flexibility index (Phi) is 3.50. The van der Waals surface area contributed by atoms with Gasteiger partial charge in [-0.1, -0.05) is 30.3 Å². The van der Waals surface area contributed by atoms with E-state index in [2.05, 4.69) is 0 Å². The zero-order valence-electron chi connectivity index (χ0n) is 12.5. The molecule has 0 aliphatic carbocycles. The van der Waals surface area contributed by atoms with Gasteiger partial charge in [-0.15, -0.1) is 11.3 Å². The highest BCUT2D eigenvalue weighted by atomic mass is 32.1. The van der Waals surface area contributed by atoms with Crippen molar-refractivity contribution in [2.24, 2.45) is 0 Å². The fourth-order valence-corrected chi connectivity index (χ4v) is 4.00. The van der Waals surface area contributed by atoms with Crippen molar-refractivity contribution in [2.45, 2.75) is 12.0 Å². The molecule has 23 heavy (non-hydrogen) atoms. The summed E-state index contributed by atoms with van der Waals surface area (Å²) in [6, 6.07) is 9.52. The van der Waals surface area contributed by atoms with Gasteiger partial charge in [-0.05, 0) is 12.0 Å². The Labute approximate surface area is 138 Å². The number of carbonyl (C=O) groups excluding carboxylic acids is 1. The summed E-state index contributed by atoms with van der Waals surface area (Å²) >= 11 is 1.33. The van der Waals surface area contributed by atoms with Crippen molar-refractivity contribution in [1.82, 2.24) is 4.90 Å². The molecule has 1 fully saturated rings. The van der Waals surface area contributed by atoms with Gasteiger partial charge in [0.2, 0.25) is 0 Å². The van der Waals surface area contributed by atoms with Crippen molar-refractivity contribution < 1.29 is 19.4 Å². The van der Waals surface area contributed by atoms with Crippen LogP contribution in [0.5, 0.6) is 11.5 Å². The molecule has 3 heterocycles. The summed E-state index contributed by atoms with van der Waals surface area (Å²) in [6.07, 6.45) is 0.535. The fraction of sp³-hybridized carbons (Fsp3) is 0.353. The van der Waals surface area contributed by atoms with Crippen LogP contribution in [0, 0.1) is 0 Å². The number of hydrogen-bond acceptors (Lipinski definition) is 5. The minimum absolute atomic E-state index is 0.103. The standard InChI is InChI=1S/C17H17NO4S/c19-16(15-14-13(10-23-15)21-8-9-22-14)18-7-6-17(20,11-18)12-4-2-1-3-5-12/h1-5,10,20H,6-9,11H2/t17-/m0/s1. The van der Waals surface area contributed by atoms with Gasteiger partial charge in [-0.25, -0.2) is 0 Å². The second-order valence-electron chi connectivity index (χ2n) is 5.83. The number of β-amino-alcohol motifs (C(OH)–C–C–N with tert-alkyl or cyclic N) is 1. The first-order valence-corrected chi connectivity index (χ1v) is 8.50. The van der Waals surface area contributed by atoms with E-state index in [0.29, 0.717) is 49.1 Å². The van der Waals surface area contributed by atoms with Gasteiger partial charge in [-0.2, -0.15) is 0 Å². The van der Waals surface area contributed by atoms with E-state index < -0.39 is 5.60 Å². The maximum Gasteiger partial charge on any atom is 0.268 e. The van der Waals surface area contributed by atoms with Crippen LogP contribution in [-0.4, -0.2) is 42.2 Å². The van der Waals surface area contributed by atoms with Crippen molar-refractivity contribution in [1.29, 1.82) is 0 Å². The number of thiophene rings is 1. The second kappa shape index (κ2) is 5.54. The molecule has 0 saturated carbocycles. The normalized spacial score (nSPS) is 23.1. The Bertz CT molecular complexity index is 729. The highest BCUT2D eigenvalue weighted by molar-refractivity contribution is 7.12. The smallest absolute Gasteiger partial charge is 0.268 e. The molecule has 1 aromatic carbocycles. The van der Waals surface area contributed by atoms with Crippen LogP contribution in [0.25, 0.3) is 0 Å². The molecule has 0 spiro atoms. The molecular formula is C17H17NO4S. The van der Waals surface area contributed by atoms with Crippen LogP contribution in [0.15, 0.2) is 35.7 Å². The largest absolute Gasteiger partial charge is 0.485 e. The van der Waals surface area contributed by atoms with Crippen molar-refractivity contribution in [3.63, 3.8) is 0 Å². The second-order valence-corrected chi connectivity index (χ2v) is 6.71. The van der Waals surface area contributed by atoms with E-state index in [1.807, 2.05) is 30.3 Å². The van der Waals surface area contributed by atoms with Gasteiger partial charge >= 0.3 is 0 Å². The summed E-state index contributed by atoms with van der Waals surface area (Å²) in [4.78, 5) is 15.0. The van der Waals surface area contributed by atoms with Gasteiger partial charge in [0.1, 0.15) is 23.7 Å². The van der Waals surface area contributed by atoms with Gasteiger partial charge in [0.15, 0.2) is 11.5 Å². The molecule has 2 aromatic rings. The number of benzene rings is 1. The molecule has 1 saturated heterocycles. The van der Waals surface area contributed by atoms with Crippen molar-refractivity contribution in [3.8, 4) is 11.5 Å². The number of nitrogens with zero attached hydrogens (tertiary/aromatic N) is 1. The van der Waals surface area contributed by atoms with Gasteiger partial charge in [0, 0.05) is 11.9 Å². The molecular weight excluding hydrogens is 314 g/mol. The zero-order valence-corrected chi connectivity index (χ0v) is 13.3. The van der Waals surface area contributed by atoms with E-state index in [9.17, 15) is 9.90 Å². The summed E-state index contributed by atoms with van der Waals surface area (Å²) in [5.74, 6) is 1.08. The number of carbonyl (C=O) groups is 1. The van der Waals surface area contributed by atoms with E-state index >= 15 is 0 Å². The van der Waals surface area contributed by atoms with Gasteiger partial charge < -0.3 is 19.5 Å². The minimum Gasteiger partial charge on any atom is -0.485 e. The number of amides is 1. The van der Waals surface area contributed by atoms with E-state index in [1.54, 1.807) is 10.3 Å². The third kappa shape index (κ3) is 2.48. The summed E-state index contributed by atoms with van der Waals surface area (Å²) in [5.41, 5.74) is -0.130. The first kappa shape index (κ1) is 14.5. The summed E-state index contributed by atoms with van der Waals surface area (Å²) in [5, 5.41) is 12.7. The van der Waals surface area contributed by atoms with Crippen LogP contribution in [-0.2, 0) is 5.60 Å². The minimum atomic E-state index is -0.981.